The van der Waals surface area contributed by atoms with Gasteiger partial charge in [0.2, 0.25) is 5.91 Å². The summed E-state index contributed by atoms with van der Waals surface area (Å²) in [7, 11) is -9.86. The van der Waals surface area contributed by atoms with E-state index in [-0.39, 0.29) is 24.2 Å². The zero-order chi connectivity index (χ0) is 26.7. The summed E-state index contributed by atoms with van der Waals surface area (Å²) < 4.78 is 65.9. The predicted octanol–water partition coefficient (Wildman–Crippen LogP) is 6.68. The third-order valence-electron chi connectivity index (χ3n) is 6.92. The van der Waals surface area contributed by atoms with Gasteiger partial charge in [-0.2, -0.15) is 0 Å². The van der Waals surface area contributed by atoms with Crippen LogP contribution < -0.4 is 5.56 Å². The van der Waals surface area contributed by atoms with Crippen molar-refractivity contribution >= 4 is 27.7 Å². The lowest BCUT2D eigenvalue weighted by atomic mass is 9.94. The average molecular weight is 560 g/mol. The van der Waals surface area contributed by atoms with Crippen molar-refractivity contribution in [2.24, 2.45) is 0 Å². The minimum absolute atomic E-state index is 0.0673. The van der Waals surface area contributed by atoms with Crippen LogP contribution in [0.2, 0.25) is 5.02 Å². The number of nitrogens with one attached hydrogen (secondary N) is 1. The molecule has 0 unspecified atom stereocenters. The number of halogens is 6. The number of carbonyl (C=O) groups is 1. The Morgan fingerprint density at radius 3 is 2.49 bits per heavy atom. The van der Waals surface area contributed by atoms with Gasteiger partial charge in [-0.1, -0.05) is 55.3 Å². The summed E-state index contributed by atoms with van der Waals surface area (Å²) in [4.78, 5) is 33.0. The Morgan fingerprint density at radius 1 is 1.08 bits per heavy atom. The van der Waals surface area contributed by atoms with Gasteiger partial charge < -0.3 is 9.88 Å². The smallest absolute Gasteiger partial charge is 0.310 e. The molecule has 1 N–H and O–H groups in total. The quantitative estimate of drug-likeness (QED) is 0.355. The van der Waals surface area contributed by atoms with E-state index in [0.29, 0.717) is 47.1 Å². The second-order valence-electron chi connectivity index (χ2n) is 9.64. The molecule has 37 heavy (non-hydrogen) atoms. The summed E-state index contributed by atoms with van der Waals surface area (Å²) >= 11 is 6.16. The van der Waals surface area contributed by atoms with E-state index >= 15 is 0 Å². The molecule has 5 rings (SSSR count). The molecule has 0 spiro atoms. The lowest BCUT2D eigenvalue weighted by Crippen LogP contribution is -2.34. The van der Waals surface area contributed by atoms with Gasteiger partial charge in [-0.25, -0.2) is 4.98 Å². The van der Waals surface area contributed by atoms with E-state index in [0.717, 1.165) is 24.5 Å². The van der Waals surface area contributed by atoms with Crippen LogP contribution in [0.15, 0.2) is 58.2 Å². The third kappa shape index (κ3) is 5.24. The van der Waals surface area contributed by atoms with Crippen LogP contribution in [0, 0.1) is 0 Å². The number of benzene rings is 2. The van der Waals surface area contributed by atoms with Crippen LogP contribution in [0.25, 0.3) is 0 Å². The molecular weight excluding hydrogens is 537 g/mol. The number of rotatable bonds is 5. The van der Waals surface area contributed by atoms with Crippen LogP contribution in [-0.4, -0.2) is 27.3 Å². The Bertz CT molecular complexity index is 1470. The fourth-order valence-electron chi connectivity index (χ4n) is 4.82. The Morgan fingerprint density at radius 2 is 1.81 bits per heavy atom. The number of amides is 1. The van der Waals surface area contributed by atoms with Crippen molar-refractivity contribution < 1.29 is 24.2 Å². The van der Waals surface area contributed by atoms with Gasteiger partial charge in [0.15, 0.2) is 0 Å². The van der Waals surface area contributed by atoms with E-state index in [4.69, 9.17) is 16.6 Å². The van der Waals surface area contributed by atoms with E-state index in [9.17, 15) is 29.0 Å². The first kappa shape index (κ1) is 25.7. The summed E-state index contributed by atoms with van der Waals surface area (Å²) in [6.45, 7) is 0.187. The van der Waals surface area contributed by atoms with Gasteiger partial charge in [0.05, 0.1) is 29.6 Å². The van der Waals surface area contributed by atoms with Crippen LogP contribution in [-0.2, 0) is 29.6 Å². The van der Waals surface area contributed by atoms with E-state index < -0.39 is 32.9 Å². The van der Waals surface area contributed by atoms with E-state index in [1.54, 1.807) is 6.07 Å². The largest absolute Gasteiger partial charge is 0.338 e. The maximum Gasteiger partial charge on any atom is 0.310 e. The molecule has 2 aromatic carbocycles. The zero-order valence-electron chi connectivity index (χ0n) is 19.5. The molecule has 5 nitrogen and oxygen atoms in total. The first-order chi connectivity index (χ1) is 17.1. The van der Waals surface area contributed by atoms with Crippen molar-refractivity contribution in [2.45, 2.75) is 49.0 Å². The Labute approximate surface area is 214 Å². The first-order valence-electron chi connectivity index (χ1n) is 11.6. The molecule has 1 saturated carbocycles. The van der Waals surface area contributed by atoms with Gasteiger partial charge in [-0.05, 0) is 61.1 Å². The molecule has 1 aliphatic carbocycles. The summed E-state index contributed by atoms with van der Waals surface area (Å²) in [6.07, 6.45) is 2.04. The molecule has 2 heterocycles. The number of aromatic nitrogens is 2. The van der Waals surface area contributed by atoms with Crippen molar-refractivity contribution in [3.63, 3.8) is 0 Å². The Kier molecular flexibility index (Phi) is 5.59. The molecular formula is C25H23ClF5N3O2S. The minimum Gasteiger partial charge on any atom is -0.338 e. The molecule has 3 aromatic rings. The van der Waals surface area contributed by atoms with E-state index in [1.807, 2.05) is 18.2 Å². The Hall–Kier alpha value is -2.92. The normalized spacial score (nSPS) is 18.8. The number of nitrogens with zero attached hydrogens (tertiary/aromatic N) is 2. The fourth-order valence-corrected chi connectivity index (χ4v) is 5.72. The van der Waals surface area contributed by atoms with Crippen LogP contribution in [0.4, 0.5) is 19.4 Å². The van der Waals surface area contributed by atoms with Crippen LogP contribution in [0.5, 0.6) is 0 Å². The molecule has 0 saturated heterocycles. The van der Waals surface area contributed by atoms with Crippen LogP contribution in [0.1, 0.15) is 47.5 Å². The van der Waals surface area contributed by atoms with Gasteiger partial charge in [-0.15, -0.1) is 0 Å². The number of hydrogen-bond donors (Lipinski definition) is 1. The molecule has 0 atom stereocenters. The fraction of sp³-hybridized carbons (Fsp3) is 0.320. The van der Waals surface area contributed by atoms with Crippen molar-refractivity contribution in [3.05, 3.63) is 92.1 Å². The first-order valence-corrected chi connectivity index (χ1v) is 14.0. The highest BCUT2D eigenvalue weighted by Gasteiger charge is 2.65. The molecule has 1 amide bonds. The number of hydrogen-bond acceptors (Lipinski definition) is 3. The summed E-state index contributed by atoms with van der Waals surface area (Å²) in [5.41, 5.74) is 0.870. The summed E-state index contributed by atoms with van der Waals surface area (Å²) in [5, 5.41) is 0.584. The number of aryl methyl sites for hydroxylation is 1. The van der Waals surface area contributed by atoms with Crippen molar-refractivity contribution in [2.75, 3.05) is 6.54 Å². The topological polar surface area (TPSA) is 66.1 Å². The molecule has 2 aliphatic rings. The second-order valence-corrected chi connectivity index (χ2v) is 12.5. The monoisotopic (exact) mass is 559 g/mol. The highest BCUT2D eigenvalue weighted by atomic mass is 35.5. The number of carbonyl (C=O) groups excluding carboxylic acids is 1. The van der Waals surface area contributed by atoms with Gasteiger partial charge in [-0.3, -0.25) is 9.59 Å². The molecule has 198 valence electrons. The third-order valence-corrected chi connectivity index (χ3v) is 8.30. The SMILES string of the molecule is O=C(Cc1cccc(S(F)(F)(F)(F)F)c1)N1CCCc2nc(C3(c4cccc(Cl)c4)CC3)[nH]c(=O)c2C1. The molecule has 0 radical (unpaired) electrons. The molecule has 1 aromatic heterocycles. The van der Waals surface area contributed by atoms with Gasteiger partial charge in [0.25, 0.3) is 5.56 Å². The van der Waals surface area contributed by atoms with Gasteiger partial charge >= 0.3 is 10.2 Å². The molecule has 1 fully saturated rings. The minimum atomic E-state index is -9.86. The van der Waals surface area contributed by atoms with Crippen LogP contribution >= 0.6 is 21.8 Å². The lowest BCUT2D eigenvalue weighted by Gasteiger charge is -2.40. The molecule has 1 aliphatic heterocycles. The maximum absolute atomic E-state index is 13.2. The average Bonchev–Trinajstić information content (AvgIpc) is 3.62. The van der Waals surface area contributed by atoms with Crippen molar-refractivity contribution in [3.8, 4) is 0 Å². The van der Waals surface area contributed by atoms with E-state index in [2.05, 4.69) is 4.98 Å². The zero-order valence-corrected chi connectivity index (χ0v) is 21.0. The predicted molar refractivity (Wildman–Crippen MR) is 132 cm³/mol. The highest BCUT2D eigenvalue weighted by molar-refractivity contribution is 8.45. The van der Waals surface area contributed by atoms with Crippen LogP contribution in [0.3, 0.4) is 0 Å². The van der Waals surface area contributed by atoms with E-state index in [1.165, 1.54) is 11.0 Å². The van der Waals surface area contributed by atoms with Gasteiger partial charge in [0, 0.05) is 11.6 Å². The summed E-state index contributed by atoms with van der Waals surface area (Å²) in [5.74, 6) is -0.0145. The number of aromatic amines is 1. The van der Waals surface area contributed by atoms with Gasteiger partial charge in [0.1, 0.15) is 10.7 Å². The highest BCUT2D eigenvalue weighted by Crippen LogP contribution is 3.02. The van der Waals surface area contributed by atoms with Crippen molar-refractivity contribution in [1.29, 1.82) is 0 Å². The second kappa shape index (κ2) is 8.04. The lowest BCUT2D eigenvalue weighted by molar-refractivity contribution is -0.131. The number of H-pyrrole nitrogens is 1. The molecule has 12 heteroatoms. The van der Waals surface area contributed by atoms with Crippen molar-refractivity contribution in [1.82, 2.24) is 14.9 Å². The summed E-state index contributed by atoms with van der Waals surface area (Å²) in [6, 6.07) is 10.1. The molecule has 0 bridgehead atoms. The number of fused-ring (bicyclic) bond motifs is 1. The Balaban J connectivity index is 1.39. The standard InChI is InChI=1S/C25H23ClF5N3O2S/c26-18-6-2-5-17(14-18)25(9-10-25)24-32-21-8-3-11-34(15-20(21)23(36)33-24)22(35)13-16-4-1-7-19(12-16)37(27,28,29,30)31/h1-2,4-7,12,14H,3,8-11,13,15H2,(H,32,33,36). The maximum atomic E-state index is 13.2.